The van der Waals surface area contributed by atoms with Gasteiger partial charge < -0.3 is 9.64 Å². The third-order valence-electron chi connectivity index (χ3n) is 2.81. The fourth-order valence-electron chi connectivity index (χ4n) is 1.89. The van der Waals surface area contributed by atoms with Crippen molar-refractivity contribution in [3.63, 3.8) is 0 Å². The summed E-state index contributed by atoms with van der Waals surface area (Å²) in [5, 5.41) is 0. The van der Waals surface area contributed by atoms with E-state index in [2.05, 4.69) is 24.0 Å². The monoisotopic (exact) mass is 235 g/mol. The summed E-state index contributed by atoms with van der Waals surface area (Å²) < 4.78 is 4.81. The number of ether oxygens (including phenoxy) is 1. The maximum atomic E-state index is 11.6. The predicted octanol–water partition coefficient (Wildman–Crippen LogP) is 2.63. The fraction of sp³-hybridized carbons (Fsp3) is 0.500. The molecule has 0 saturated heterocycles. The molecule has 0 bridgehead atoms. The first-order valence-electron chi connectivity index (χ1n) is 5.73. The summed E-state index contributed by atoms with van der Waals surface area (Å²) in [4.78, 5) is 13.7. The molecule has 1 rings (SSSR count). The zero-order chi connectivity index (χ0) is 13.1. The van der Waals surface area contributed by atoms with E-state index in [0.29, 0.717) is 6.54 Å². The summed E-state index contributed by atoms with van der Waals surface area (Å²) in [6.45, 7) is 6.47. The van der Waals surface area contributed by atoms with Crippen LogP contribution in [-0.2, 0) is 9.53 Å². The van der Waals surface area contributed by atoms with Gasteiger partial charge in [-0.25, -0.2) is 0 Å². The Morgan fingerprint density at radius 3 is 2.59 bits per heavy atom. The van der Waals surface area contributed by atoms with Gasteiger partial charge in [-0.15, -0.1) is 0 Å². The van der Waals surface area contributed by atoms with E-state index in [0.717, 1.165) is 5.69 Å². The van der Waals surface area contributed by atoms with Crippen molar-refractivity contribution in [1.29, 1.82) is 0 Å². The lowest BCUT2D eigenvalue weighted by Crippen LogP contribution is -2.38. The molecule has 0 amide bonds. The molecular formula is C14H21NO2. The molecule has 0 unspecified atom stereocenters. The molecule has 0 N–H and O–H groups in total. The van der Waals surface area contributed by atoms with Crippen molar-refractivity contribution >= 4 is 11.7 Å². The van der Waals surface area contributed by atoms with Gasteiger partial charge in [0, 0.05) is 19.3 Å². The Morgan fingerprint density at radius 2 is 2.06 bits per heavy atom. The SMILES string of the molecule is COC(=O)C(C)(C)CN(C)c1cccc(C)c1. The van der Waals surface area contributed by atoms with Gasteiger partial charge in [-0.3, -0.25) is 4.79 Å². The second-order valence-corrected chi connectivity index (χ2v) is 5.07. The number of benzene rings is 1. The number of aryl methyl sites for hydroxylation is 1. The zero-order valence-electron chi connectivity index (χ0n) is 11.3. The molecule has 0 radical (unpaired) electrons. The van der Waals surface area contributed by atoms with Crippen LogP contribution in [0.4, 0.5) is 5.69 Å². The van der Waals surface area contributed by atoms with Crippen LogP contribution < -0.4 is 4.90 Å². The average Bonchev–Trinajstić information content (AvgIpc) is 2.27. The molecule has 3 heteroatoms. The Labute approximate surface area is 103 Å². The number of rotatable bonds is 4. The minimum Gasteiger partial charge on any atom is -0.469 e. The third kappa shape index (κ3) is 3.48. The first-order valence-corrected chi connectivity index (χ1v) is 5.73. The second kappa shape index (κ2) is 5.21. The highest BCUT2D eigenvalue weighted by atomic mass is 16.5. The number of hydrogen-bond acceptors (Lipinski definition) is 3. The molecule has 0 atom stereocenters. The average molecular weight is 235 g/mol. The normalized spacial score (nSPS) is 11.1. The fourth-order valence-corrected chi connectivity index (χ4v) is 1.89. The van der Waals surface area contributed by atoms with Crippen molar-refractivity contribution in [1.82, 2.24) is 0 Å². The smallest absolute Gasteiger partial charge is 0.313 e. The summed E-state index contributed by atoms with van der Waals surface area (Å²) in [6.07, 6.45) is 0. The van der Waals surface area contributed by atoms with Crippen molar-refractivity contribution in [3.05, 3.63) is 29.8 Å². The topological polar surface area (TPSA) is 29.5 Å². The Kier molecular flexibility index (Phi) is 4.16. The van der Waals surface area contributed by atoms with Crippen molar-refractivity contribution in [2.75, 3.05) is 25.6 Å². The van der Waals surface area contributed by atoms with E-state index in [1.54, 1.807) is 0 Å². The predicted molar refractivity (Wildman–Crippen MR) is 70.2 cm³/mol. The summed E-state index contributed by atoms with van der Waals surface area (Å²) in [7, 11) is 3.41. The number of anilines is 1. The van der Waals surface area contributed by atoms with Crippen molar-refractivity contribution in [2.45, 2.75) is 20.8 Å². The molecular weight excluding hydrogens is 214 g/mol. The Bertz CT molecular complexity index is 399. The van der Waals surface area contributed by atoms with Gasteiger partial charge in [-0.2, -0.15) is 0 Å². The van der Waals surface area contributed by atoms with Crippen LogP contribution in [-0.4, -0.2) is 26.7 Å². The van der Waals surface area contributed by atoms with Crippen LogP contribution in [0.25, 0.3) is 0 Å². The number of hydrogen-bond donors (Lipinski definition) is 0. The van der Waals surface area contributed by atoms with Gasteiger partial charge in [0.2, 0.25) is 0 Å². The molecule has 3 nitrogen and oxygen atoms in total. The molecule has 0 spiro atoms. The van der Waals surface area contributed by atoms with Gasteiger partial charge >= 0.3 is 5.97 Å². The largest absolute Gasteiger partial charge is 0.469 e. The van der Waals surface area contributed by atoms with Crippen LogP contribution in [0, 0.1) is 12.3 Å². The van der Waals surface area contributed by atoms with Gasteiger partial charge in [0.1, 0.15) is 0 Å². The second-order valence-electron chi connectivity index (χ2n) is 5.07. The van der Waals surface area contributed by atoms with Gasteiger partial charge in [0.25, 0.3) is 0 Å². The van der Waals surface area contributed by atoms with E-state index in [-0.39, 0.29) is 5.97 Å². The Balaban J connectivity index is 2.79. The van der Waals surface area contributed by atoms with Gasteiger partial charge in [-0.1, -0.05) is 12.1 Å². The van der Waals surface area contributed by atoms with Gasteiger partial charge in [0.15, 0.2) is 0 Å². The highest BCUT2D eigenvalue weighted by molar-refractivity contribution is 5.76. The van der Waals surface area contributed by atoms with Gasteiger partial charge in [0.05, 0.1) is 12.5 Å². The maximum absolute atomic E-state index is 11.6. The van der Waals surface area contributed by atoms with Crippen molar-refractivity contribution in [3.8, 4) is 0 Å². The quantitative estimate of drug-likeness (QED) is 0.751. The highest BCUT2D eigenvalue weighted by Gasteiger charge is 2.30. The van der Waals surface area contributed by atoms with Crippen molar-refractivity contribution in [2.24, 2.45) is 5.41 Å². The third-order valence-corrected chi connectivity index (χ3v) is 2.81. The summed E-state index contributed by atoms with van der Waals surface area (Å²) in [5.74, 6) is -0.183. The number of esters is 1. The number of nitrogens with zero attached hydrogens (tertiary/aromatic N) is 1. The van der Waals surface area contributed by atoms with E-state index in [9.17, 15) is 4.79 Å². The number of carbonyl (C=O) groups excluding carboxylic acids is 1. The molecule has 0 aliphatic heterocycles. The zero-order valence-corrected chi connectivity index (χ0v) is 11.3. The maximum Gasteiger partial charge on any atom is 0.313 e. The molecule has 17 heavy (non-hydrogen) atoms. The standard InChI is InChI=1S/C14H21NO2/c1-11-7-6-8-12(9-11)15(4)10-14(2,3)13(16)17-5/h6-9H,10H2,1-5H3. The lowest BCUT2D eigenvalue weighted by Gasteiger charge is -2.29. The number of carbonyl (C=O) groups is 1. The molecule has 0 aliphatic rings. The lowest BCUT2D eigenvalue weighted by atomic mass is 9.93. The Morgan fingerprint density at radius 1 is 1.41 bits per heavy atom. The van der Waals surface area contributed by atoms with Gasteiger partial charge in [-0.05, 0) is 38.5 Å². The van der Waals surface area contributed by atoms with E-state index in [4.69, 9.17) is 4.74 Å². The Hall–Kier alpha value is -1.51. The molecule has 0 fully saturated rings. The first kappa shape index (κ1) is 13.6. The number of methoxy groups -OCH3 is 1. The van der Waals surface area contributed by atoms with E-state index in [1.807, 2.05) is 33.0 Å². The van der Waals surface area contributed by atoms with Crippen LogP contribution >= 0.6 is 0 Å². The molecule has 0 heterocycles. The molecule has 0 saturated carbocycles. The molecule has 1 aromatic rings. The molecule has 94 valence electrons. The van der Waals surface area contributed by atoms with E-state index >= 15 is 0 Å². The molecule has 0 aliphatic carbocycles. The van der Waals surface area contributed by atoms with E-state index < -0.39 is 5.41 Å². The summed E-state index contributed by atoms with van der Waals surface area (Å²) in [6, 6.07) is 8.23. The van der Waals surface area contributed by atoms with Crippen molar-refractivity contribution < 1.29 is 9.53 Å². The first-order chi connectivity index (χ1) is 7.86. The molecule has 1 aromatic carbocycles. The summed E-state index contributed by atoms with van der Waals surface area (Å²) in [5.41, 5.74) is 1.82. The van der Waals surface area contributed by atoms with E-state index in [1.165, 1.54) is 12.7 Å². The van der Waals surface area contributed by atoms with Crippen LogP contribution in [0.3, 0.4) is 0 Å². The van der Waals surface area contributed by atoms with Crippen LogP contribution in [0.2, 0.25) is 0 Å². The lowest BCUT2D eigenvalue weighted by molar-refractivity contribution is -0.150. The van der Waals surface area contributed by atoms with Crippen LogP contribution in [0.1, 0.15) is 19.4 Å². The van der Waals surface area contributed by atoms with Crippen LogP contribution in [0.15, 0.2) is 24.3 Å². The minimum absolute atomic E-state index is 0.183. The van der Waals surface area contributed by atoms with Crippen LogP contribution in [0.5, 0.6) is 0 Å². The summed E-state index contributed by atoms with van der Waals surface area (Å²) >= 11 is 0. The minimum atomic E-state index is -0.507. The molecule has 0 aromatic heterocycles. The highest BCUT2D eigenvalue weighted by Crippen LogP contribution is 2.22.